The molecule has 1 aromatic rings. The zero-order valence-electron chi connectivity index (χ0n) is 13.5. The topological polar surface area (TPSA) is 35.2 Å². The first-order valence-electron chi connectivity index (χ1n) is 8.02. The van der Waals surface area contributed by atoms with Gasteiger partial charge in [0.15, 0.2) is 0 Å². The minimum Gasteiger partial charge on any atom is -0.434 e. The summed E-state index contributed by atoms with van der Waals surface area (Å²) in [5.74, 6) is 1.39. The molecule has 2 rings (SSSR count). The van der Waals surface area contributed by atoms with E-state index in [1.54, 1.807) is 12.1 Å². The number of quaternary nitrogens is 1. The van der Waals surface area contributed by atoms with Gasteiger partial charge in [-0.15, -0.1) is 0 Å². The predicted molar refractivity (Wildman–Crippen MR) is 83.6 cm³/mol. The predicted octanol–water partition coefficient (Wildman–Crippen LogP) is 3.24. The Balaban J connectivity index is 2.21. The van der Waals surface area contributed by atoms with Crippen LogP contribution in [0.1, 0.15) is 25.8 Å². The molecule has 1 heterocycles. The van der Waals surface area contributed by atoms with Gasteiger partial charge in [-0.1, -0.05) is 26.0 Å². The number of alkyl halides is 2. The van der Waals surface area contributed by atoms with Crippen molar-refractivity contribution in [2.75, 3.05) is 26.2 Å². The van der Waals surface area contributed by atoms with Crippen molar-refractivity contribution in [3.05, 3.63) is 29.8 Å². The first-order valence-corrected chi connectivity index (χ1v) is 8.02. The van der Waals surface area contributed by atoms with Crippen LogP contribution < -0.4 is 10.5 Å². The van der Waals surface area contributed by atoms with Gasteiger partial charge >= 0.3 is 6.61 Å². The van der Waals surface area contributed by atoms with Crippen LogP contribution in [-0.2, 0) is 6.54 Å². The number of likely N-dealkylation sites (tertiary alicyclic amines) is 1. The van der Waals surface area contributed by atoms with E-state index in [0.717, 1.165) is 42.6 Å². The summed E-state index contributed by atoms with van der Waals surface area (Å²) in [5, 5.41) is 0. The molecule has 0 aromatic heterocycles. The van der Waals surface area contributed by atoms with Crippen molar-refractivity contribution >= 4 is 0 Å². The Bertz CT molecular complexity index is 481. The summed E-state index contributed by atoms with van der Waals surface area (Å²) in [6, 6.07) is 7.15. The summed E-state index contributed by atoms with van der Waals surface area (Å²) >= 11 is 0. The monoisotopic (exact) mass is 313 g/mol. The molecule has 2 N–H and O–H groups in total. The molecule has 1 aromatic carbocycles. The van der Waals surface area contributed by atoms with E-state index >= 15 is 0 Å². The molecular formula is C17H27F2N2O+. The van der Waals surface area contributed by atoms with E-state index in [9.17, 15) is 8.78 Å². The van der Waals surface area contributed by atoms with Crippen LogP contribution in [0.2, 0.25) is 0 Å². The standard InChI is InChI=1S/C17H27F2N2O/c1-13(2)10-21(8-7-14(9-20)11-21)12-15-5-3-4-6-16(15)22-17(18)19/h3-6,13-14,17H,7-12,20H2,1-2H3/q+1/t14-,21?/m0/s1. The SMILES string of the molecule is CC(C)C[N+]1(Cc2ccccc2OC(F)F)CC[C@@H](CN)C1. The molecule has 0 radical (unpaired) electrons. The maximum Gasteiger partial charge on any atom is 0.387 e. The minimum absolute atomic E-state index is 0.301. The Morgan fingerprint density at radius 1 is 1.32 bits per heavy atom. The van der Waals surface area contributed by atoms with Crippen molar-refractivity contribution in [2.45, 2.75) is 33.4 Å². The van der Waals surface area contributed by atoms with Crippen molar-refractivity contribution in [1.82, 2.24) is 0 Å². The van der Waals surface area contributed by atoms with E-state index in [1.165, 1.54) is 0 Å². The molecule has 1 fully saturated rings. The van der Waals surface area contributed by atoms with Crippen molar-refractivity contribution in [2.24, 2.45) is 17.6 Å². The smallest absolute Gasteiger partial charge is 0.387 e. The van der Waals surface area contributed by atoms with Crippen LogP contribution in [-0.4, -0.2) is 37.3 Å². The van der Waals surface area contributed by atoms with Gasteiger partial charge in [-0.25, -0.2) is 0 Å². The second kappa shape index (κ2) is 7.38. The highest BCUT2D eigenvalue weighted by molar-refractivity contribution is 5.32. The Hall–Kier alpha value is -1.20. The van der Waals surface area contributed by atoms with Crippen LogP contribution in [0.15, 0.2) is 24.3 Å². The molecule has 0 saturated carbocycles. The first kappa shape index (κ1) is 17.2. The Labute approximate surface area is 131 Å². The lowest BCUT2D eigenvalue weighted by molar-refractivity contribution is -0.933. The molecule has 0 bridgehead atoms. The Kier molecular flexibility index (Phi) is 5.75. The average molecular weight is 313 g/mol. The third-order valence-corrected chi connectivity index (χ3v) is 4.44. The second-order valence-corrected chi connectivity index (χ2v) is 6.86. The number of nitrogens with zero attached hydrogens (tertiary/aromatic N) is 1. The number of hydrogen-bond donors (Lipinski definition) is 1. The van der Waals surface area contributed by atoms with Gasteiger partial charge in [-0.3, -0.25) is 0 Å². The number of rotatable bonds is 7. The van der Waals surface area contributed by atoms with Crippen LogP contribution in [0, 0.1) is 11.8 Å². The van der Waals surface area contributed by atoms with Gasteiger partial charge in [0.2, 0.25) is 0 Å². The molecule has 0 aliphatic carbocycles. The van der Waals surface area contributed by atoms with Crippen LogP contribution in [0.4, 0.5) is 8.78 Å². The summed E-state index contributed by atoms with van der Waals surface area (Å²) in [6.07, 6.45) is 1.11. The van der Waals surface area contributed by atoms with Crippen LogP contribution in [0.25, 0.3) is 0 Å². The van der Waals surface area contributed by atoms with Gasteiger partial charge in [0.05, 0.1) is 19.6 Å². The van der Waals surface area contributed by atoms with Crippen molar-refractivity contribution in [3.8, 4) is 5.75 Å². The quantitative estimate of drug-likeness (QED) is 0.784. The number of hydrogen-bond acceptors (Lipinski definition) is 2. The summed E-state index contributed by atoms with van der Waals surface area (Å²) in [6.45, 7) is 6.19. The van der Waals surface area contributed by atoms with Gasteiger partial charge < -0.3 is 15.0 Å². The van der Waals surface area contributed by atoms with E-state index in [4.69, 9.17) is 10.5 Å². The van der Waals surface area contributed by atoms with Gasteiger partial charge in [-0.05, 0) is 12.1 Å². The van der Waals surface area contributed by atoms with Gasteiger partial charge in [0.25, 0.3) is 0 Å². The maximum absolute atomic E-state index is 12.6. The lowest BCUT2D eigenvalue weighted by Crippen LogP contribution is -2.48. The number of nitrogens with two attached hydrogens (primary N) is 1. The fourth-order valence-electron chi connectivity index (χ4n) is 3.73. The Morgan fingerprint density at radius 3 is 2.64 bits per heavy atom. The summed E-state index contributed by atoms with van der Waals surface area (Å²) < 4.78 is 30.8. The third-order valence-electron chi connectivity index (χ3n) is 4.44. The molecule has 1 saturated heterocycles. The molecule has 0 amide bonds. The fraction of sp³-hybridized carbons (Fsp3) is 0.647. The minimum atomic E-state index is -2.78. The van der Waals surface area contributed by atoms with Crippen LogP contribution in [0.3, 0.4) is 0 Å². The molecule has 1 aliphatic heterocycles. The summed E-state index contributed by atoms with van der Waals surface area (Å²) in [5.41, 5.74) is 6.70. The highest BCUT2D eigenvalue weighted by Gasteiger charge is 2.38. The van der Waals surface area contributed by atoms with E-state index in [1.807, 2.05) is 12.1 Å². The second-order valence-electron chi connectivity index (χ2n) is 6.86. The highest BCUT2D eigenvalue weighted by Crippen LogP contribution is 2.32. The normalized spacial score (nSPS) is 25.1. The van der Waals surface area contributed by atoms with Crippen molar-refractivity contribution < 1.29 is 18.0 Å². The van der Waals surface area contributed by atoms with Gasteiger partial charge in [0, 0.05) is 30.4 Å². The molecule has 2 atom stereocenters. The molecule has 0 spiro atoms. The van der Waals surface area contributed by atoms with Crippen molar-refractivity contribution in [1.29, 1.82) is 0 Å². The van der Waals surface area contributed by atoms with E-state index < -0.39 is 6.61 Å². The molecule has 22 heavy (non-hydrogen) atoms. The largest absolute Gasteiger partial charge is 0.434 e. The Morgan fingerprint density at radius 2 is 2.05 bits per heavy atom. The zero-order valence-corrected chi connectivity index (χ0v) is 13.5. The number of ether oxygens (including phenoxy) is 1. The average Bonchev–Trinajstić information content (AvgIpc) is 2.83. The molecular weight excluding hydrogens is 286 g/mol. The summed E-state index contributed by atoms with van der Waals surface area (Å²) in [4.78, 5) is 0. The molecule has 124 valence electrons. The highest BCUT2D eigenvalue weighted by atomic mass is 19.3. The number of halogens is 2. The third kappa shape index (κ3) is 4.40. The first-order chi connectivity index (χ1) is 10.4. The number of para-hydroxylation sites is 1. The van der Waals surface area contributed by atoms with Crippen molar-refractivity contribution in [3.63, 3.8) is 0 Å². The van der Waals surface area contributed by atoms with Gasteiger partial charge in [0.1, 0.15) is 12.3 Å². The lowest BCUT2D eigenvalue weighted by Gasteiger charge is -2.36. The molecule has 1 aliphatic rings. The van der Waals surface area contributed by atoms with Gasteiger partial charge in [-0.2, -0.15) is 8.78 Å². The lowest BCUT2D eigenvalue weighted by atomic mass is 10.1. The molecule has 1 unspecified atom stereocenters. The molecule has 5 heteroatoms. The number of benzene rings is 1. The van der Waals surface area contributed by atoms with E-state index in [2.05, 4.69) is 13.8 Å². The van der Waals surface area contributed by atoms with E-state index in [0.29, 0.717) is 24.1 Å². The van der Waals surface area contributed by atoms with Crippen LogP contribution >= 0.6 is 0 Å². The zero-order chi connectivity index (χ0) is 16.2. The van der Waals surface area contributed by atoms with E-state index in [-0.39, 0.29) is 0 Å². The summed E-state index contributed by atoms with van der Waals surface area (Å²) in [7, 11) is 0. The maximum atomic E-state index is 12.6. The van der Waals surface area contributed by atoms with Crippen LogP contribution in [0.5, 0.6) is 5.75 Å². The fourth-order valence-corrected chi connectivity index (χ4v) is 3.73. The molecule has 3 nitrogen and oxygen atoms in total.